The summed E-state index contributed by atoms with van der Waals surface area (Å²) in [5, 5.41) is 3.51. The molecule has 1 unspecified atom stereocenters. The molecule has 0 heterocycles. The Balaban J connectivity index is 1.90. The molecule has 32 heavy (non-hydrogen) atoms. The molecule has 1 N–H and O–H groups in total. The number of fused-ring (bicyclic) bond motifs is 1. The van der Waals surface area contributed by atoms with E-state index < -0.39 is 0 Å². The summed E-state index contributed by atoms with van der Waals surface area (Å²) < 4.78 is 0. The largest absolute Gasteiger partial charge is 0.360 e. The van der Waals surface area contributed by atoms with Crippen LogP contribution in [0.5, 0.6) is 0 Å². The molecule has 0 aliphatic heterocycles. The Labute approximate surface area is 192 Å². The first-order valence-corrected chi connectivity index (χ1v) is 11.7. The van der Waals surface area contributed by atoms with Gasteiger partial charge in [-0.3, -0.25) is 4.79 Å². The second-order valence-corrected chi connectivity index (χ2v) is 8.89. The van der Waals surface area contributed by atoms with Gasteiger partial charge in [-0.15, -0.1) is 0 Å². The molecule has 2 atom stereocenters. The van der Waals surface area contributed by atoms with Crippen LogP contribution in [0.15, 0.2) is 60.8 Å². The molecule has 0 spiro atoms. The van der Waals surface area contributed by atoms with Crippen molar-refractivity contribution in [2.45, 2.75) is 58.2 Å². The molecule has 2 aromatic carbocycles. The van der Waals surface area contributed by atoms with Crippen LogP contribution in [0, 0.1) is 11.8 Å². The van der Waals surface area contributed by atoms with Crippen molar-refractivity contribution >= 4 is 12.6 Å². The number of hydrogen-bond acceptors (Lipinski definition) is 4. The van der Waals surface area contributed by atoms with Gasteiger partial charge in [-0.2, -0.15) is 0 Å². The Bertz CT molecular complexity index is 892. The predicted octanol–water partition coefficient (Wildman–Crippen LogP) is 4.82. The quantitative estimate of drug-likeness (QED) is 0.489. The number of hydrogen-bond donors (Lipinski definition) is 1. The molecule has 0 fully saturated rings. The van der Waals surface area contributed by atoms with Crippen LogP contribution in [-0.2, 0) is 24.2 Å². The molecule has 1 aliphatic carbocycles. The zero-order valence-corrected chi connectivity index (χ0v) is 19.6. The minimum Gasteiger partial charge on any atom is -0.360 e. The summed E-state index contributed by atoms with van der Waals surface area (Å²) in [4.78, 5) is 25.6. The van der Waals surface area contributed by atoms with Gasteiger partial charge in [-0.25, -0.2) is 0 Å². The molecule has 0 radical (unpaired) electrons. The Kier molecular flexibility index (Phi) is 8.40. The predicted molar refractivity (Wildman–Crippen MR) is 131 cm³/mol. The van der Waals surface area contributed by atoms with Crippen molar-refractivity contribution in [3.8, 4) is 0 Å². The van der Waals surface area contributed by atoms with E-state index in [0.717, 1.165) is 49.5 Å². The van der Waals surface area contributed by atoms with Crippen LogP contribution in [0.4, 0.5) is 0 Å². The number of benzene rings is 2. The fraction of sp³-hybridized carbons (Fsp3) is 0.429. The maximum atomic E-state index is 12.4. The number of carbonyl (C=O) groups is 2. The molecular weight excluding hydrogens is 396 g/mol. The summed E-state index contributed by atoms with van der Waals surface area (Å²) >= 11 is 0. The van der Waals surface area contributed by atoms with Gasteiger partial charge in [0.05, 0.1) is 6.04 Å². The molecule has 0 amide bonds. The summed E-state index contributed by atoms with van der Waals surface area (Å²) in [6.45, 7) is 9.42. The summed E-state index contributed by atoms with van der Waals surface area (Å²) in [5.74, 6) is 0.663. The maximum absolute atomic E-state index is 12.4. The van der Waals surface area contributed by atoms with Crippen LogP contribution in [-0.4, -0.2) is 36.6 Å². The van der Waals surface area contributed by atoms with Gasteiger partial charge in [0.1, 0.15) is 12.6 Å². The second-order valence-electron chi connectivity index (χ2n) is 8.89. The lowest BCUT2D eigenvalue weighted by atomic mass is 9.89. The van der Waals surface area contributed by atoms with Gasteiger partial charge >= 0.3 is 0 Å². The maximum Gasteiger partial charge on any atom is 0.150 e. The zero-order chi connectivity index (χ0) is 23.1. The highest BCUT2D eigenvalue weighted by Gasteiger charge is 2.34. The van der Waals surface area contributed by atoms with E-state index in [0.29, 0.717) is 18.0 Å². The molecule has 170 valence electrons. The summed E-state index contributed by atoms with van der Waals surface area (Å²) in [7, 11) is 1.99. The molecule has 0 saturated carbocycles. The van der Waals surface area contributed by atoms with Crippen molar-refractivity contribution in [2.24, 2.45) is 11.8 Å². The average molecular weight is 433 g/mol. The first-order valence-electron chi connectivity index (χ1n) is 11.7. The fourth-order valence-electron chi connectivity index (χ4n) is 5.19. The topological polar surface area (TPSA) is 49.4 Å². The number of rotatable bonds is 12. The monoisotopic (exact) mass is 432 g/mol. The van der Waals surface area contributed by atoms with Gasteiger partial charge in [0.25, 0.3) is 0 Å². The molecule has 4 nitrogen and oxygen atoms in total. The van der Waals surface area contributed by atoms with E-state index >= 15 is 0 Å². The van der Waals surface area contributed by atoms with E-state index in [-0.39, 0.29) is 18.0 Å². The Morgan fingerprint density at radius 2 is 1.66 bits per heavy atom. The standard InChI is InChI=1S/C28H36N2O2/c1-5-23(6-2)27(19-32)30(17-21-11-13-22(18-31)14-12-21)20(3)28(29-4)26-15-24-9-7-8-10-25(24)16-26/h7-14,18-19,23,26-29H,3,5-6,15-17H2,1-2,4H3/t27-,28?/m0/s1. The second kappa shape index (κ2) is 11.2. The SMILES string of the molecule is C=C(C(NC)C1Cc2ccccc2C1)N(Cc1ccc(C=O)cc1)[C@@H](C=O)C(CC)CC. The third kappa shape index (κ3) is 5.18. The molecule has 0 aromatic heterocycles. The molecule has 0 bridgehead atoms. The van der Waals surface area contributed by atoms with Crippen LogP contribution in [0.3, 0.4) is 0 Å². The first kappa shape index (κ1) is 23.9. The lowest BCUT2D eigenvalue weighted by Crippen LogP contribution is -2.48. The number of aldehydes is 2. The van der Waals surface area contributed by atoms with Crippen LogP contribution in [0.25, 0.3) is 0 Å². The third-order valence-electron chi connectivity index (χ3n) is 7.09. The van der Waals surface area contributed by atoms with E-state index in [1.54, 1.807) is 0 Å². The van der Waals surface area contributed by atoms with Crippen molar-refractivity contribution in [2.75, 3.05) is 7.05 Å². The molecule has 4 heteroatoms. The minimum absolute atomic E-state index is 0.0773. The van der Waals surface area contributed by atoms with Crippen LogP contribution >= 0.6 is 0 Å². The molecule has 0 saturated heterocycles. The smallest absolute Gasteiger partial charge is 0.150 e. The number of nitrogens with one attached hydrogen (secondary N) is 1. The zero-order valence-electron chi connectivity index (χ0n) is 19.6. The first-order chi connectivity index (χ1) is 15.6. The van der Waals surface area contributed by atoms with E-state index in [9.17, 15) is 9.59 Å². The van der Waals surface area contributed by atoms with Gasteiger partial charge in [-0.05, 0) is 48.4 Å². The molecule has 2 aromatic rings. The van der Waals surface area contributed by atoms with Crippen molar-refractivity contribution < 1.29 is 9.59 Å². The van der Waals surface area contributed by atoms with Crippen molar-refractivity contribution in [3.05, 3.63) is 83.1 Å². The summed E-state index contributed by atoms with van der Waals surface area (Å²) in [6, 6.07) is 16.1. The van der Waals surface area contributed by atoms with E-state index in [1.807, 2.05) is 31.3 Å². The highest BCUT2D eigenvalue weighted by atomic mass is 16.1. The number of carbonyl (C=O) groups excluding carboxylic acids is 2. The highest BCUT2D eigenvalue weighted by molar-refractivity contribution is 5.74. The van der Waals surface area contributed by atoms with Crippen molar-refractivity contribution in [3.63, 3.8) is 0 Å². The lowest BCUT2D eigenvalue weighted by Gasteiger charge is -2.40. The van der Waals surface area contributed by atoms with Crippen molar-refractivity contribution in [1.82, 2.24) is 10.2 Å². The van der Waals surface area contributed by atoms with Gasteiger partial charge < -0.3 is 15.0 Å². The van der Waals surface area contributed by atoms with Gasteiger partial charge in [-0.1, -0.05) is 81.8 Å². The average Bonchev–Trinajstić information content (AvgIpc) is 3.25. The van der Waals surface area contributed by atoms with Crippen LogP contribution in [0.2, 0.25) is 0 Å². The van der Waals surface area contributed by atoms with Gasteiger partial charge in [0.15, 0.2) is 0 Å². The lowest BCUT2D eigenvalue weighted by molar-refractivity contribution is -0.114. The van der Waals surface area contributed by atoms with E-state index in [1.165, 1.54) is 11.1 Å². The molecule has 3 rings (SSSR count). The molecule has 1 aliphatic rings. The Hall–Kier alpha value is -2.72. The highest BCUT2D eigenvalue weighted by Crippen LogP contribution is 2.33. The van der Waals surface area contributed by atoms with E-state index in [4.69, 9.17) is 0 Å². The molecular formula is C28H36N2O2. The van der Waals surface area contributed by atoms with Gasteiger partial charge in [0.2, 0.25) is 0 Å². The minimum atomic E-state index is -0.233. The third-order valence-corrected chi connectivity index (χ3v) is 7.09. The van der Waals surface area contributed by atoms with Gasteiger partial charge in [0, 0.05) is 23.8 Å². The van der Waals surface area contributed by atoms with E-state index in [2.05, 4.69) is 54.9 Å². The number of likely N-dealkylation sites (N-methyl/N-ethyl adjacent to an activating group) is 1. The Morgan fingerprint density at radius 3 is 2.12 bits per heavy atom. The fourth-order valence-corrected chi connectivity index (χ4v) is 5.19. The van der Waals surface area contributed by atoms with Crippen LogP contribution in [0.1, 0.15) is 53.7 Å². The Morgan fingerprint density at radius 1 is 1.06 bits per heavy atom. The number of nitrogens with zero attached hydrogens (tertiary/aromatic N) is 1. The summed E-state index contributed by atoms with van der Waals surface area (Å²) in [5.41, 5.74) is 5.51. The summed E-state index contributed by atoms with van der Waals surface area (Å²) in [6.07, 6.45) is 5.85. The van der Waals surface area contributed by atoms with Crippen molar-refractivity contribution in [1.29, 1.82) is 0 Å². The van der Waals surface area contributed by atoms with Crippen LogP contribution < -0.4 is 5.32 Å². The normalized spacial score (nSPS) is 15.2.